The molecule has 5 heteroatoms. The van der Waals surface area contributed by atoms with Gasteiger partial charge in [-0.25, -0.2) is 4.98 Å². The summed E-state index contributed by atoms with van der Waals surface area (Å²) in [6, 6.07) is 0.696. The Kier molecular flexibility index (Phi) is 3.73. The van der Waals surface area contributed by atoms with Gasteiger partial charge in [-0.2, -0.15) is 0 Å². The van der Waals surface area contributed by atoms with Gasteiger partial charge in [-0.1, -0.05) is 0 Å². The molecule has 1 aromatic rings. The first kappa shape index (κ1) is 12.9. The van der Waals surface area contributed by atoms with E-state index in [2.05, 4.69) is 9.88 Å². The third-order valence-electron chi connectivity index (χ3n) is 3.56. The highest BCUT2D eigenvalue weighted by Crippen LogP contribution is 2.38. The summed E-state index contributed by atoms with van der Waals surface area (Å²) in [6.45, 7) is 3.41. The Morgan fingerprint density at radius 3 is 2.89 bits per heavy atom. The van der Waals surface area contributed by atoms with Crippen LogP contribution in [0.3, 0.4) is 0 Å². The molecule has 2 aliphatic carbocycles. The number of thiazole rings is 1. The van der Waals surface area contributed by atoms with E-state index in [0.29, 0.717) is 19.1 Å². The maximum atomic E-state index is 11.5. The normalized spacial score (nSPS) is 18.4. The first-order chi connectivity index (χ1) is 9.26. The van der Waals surface area contributed by atoms with Gasteiger partial charge < -0.3 is 9.64 Å². The van der Waals surface area contributed by atoms with Crippen LogP contribution in [0.15, 0.2) is 5.38 Å². The van der Waals surface area contributed by atoms with Gasteiger partial charge in [0, 0.05) is 18.0 Å². The van der Waals surface area contributed by atoms with E-state index in [4.69, 9.17) is 4.74 Å². The van der Waals surface area contributed by atoms with Crippen molar-refractivity contribution in [2.24, 2.45) is 5.92 Å². The summed E-state index contributed by atoms with van der Waals surface area (Å²) in [7, 11) is 0. The predicted molar refractivity (Wildman–Crippen MR) is 75.5 cm³/mol. The fraction of sp³-hybridized carbons (Fsp3) is 0.714. The molecule has 0 amide bonds. The maximum absolute atomic E-state index is 11.5. The van der Waals surface area contributed by atoms with Crippen LogP contribution in [-0.4, -0.2) is 30.1 Å². The van der Waals surface area contributed by atoms with E-state index in [-0.39, 0.29) is 5.97 Å². The summed E-state index contributed by atoms with van der Waals surface area (Å²) < 4.78 is 4.96. The van der Waals surface area contributed by atoms with Gasteiger partial charge in [-0.05, 0) is 38.5 Å². The van der Waals surface area contributed by atoms with Crippen molar-refractivity contribution in [3.05, 3.63) is 11.1 Å². The zero-order valence-electron chi connectivity index (χ0n) is 11.3. The Bertz CT molecular complexity index is 452. The van der Waals surface area contributed by atoms with Crippen molar-refractivity contribution in [1.29, 1.82) is 0 Å². The van der Waals surface area contributed by atoms with Crippen molar-refractivity contribution in [2.75, 3.05) is 18.1 Å². The standard InChI is InChI=1S/C14H20N2O2S/c1-2-18-13(17)7-11-9-19-14(15-11)16(12-5-6-12)8-10-3-4-10/h9-10,12H,2-8H2,1H3. The van der Waals surface area contributed by atoms with Crippen LogP contribution in [-0.2, 0) is 16.0 Å². The van der Waals surface area contributed by atoms with Crippen LogP contribution in [0.25, 0.3) is 0 Å². The van der Waals surface area contributed by atoms with Crippen molar-refractivity contribution < 1.29 is 9.53 Å². The Balaban J connectivity index is 1.63. The van der Waals surface area contributed by atoms with Gasteiger partial charge in [0.25, 0.3) is 0 Å². The van der Waals surface area contributed by atoms with Crippen LogP contribution >= 0.6 is 11.3 Å². The number of aromatic nitrogens is 1. The van der Waals surface area contributed by atoms with Gasteiger partial charge in [-0.15, -0.1) is 11.3 Å². The fourth-order valence-corrected chi connectivity index (χ4v) is 3.12. The zero-order valence-corrected chi connectivity index (χ0v) is 12.1. The largest absolute Gasteiger partial charge is 0.466 e. The van der Waals surface area contributed by atoms with E-state index < -0.39 is 0 Å². The number of hydrogen-bond acceptors (Lipinski definition) is 5. The summed E-state index contributed by atoms with van der Waals surface area (Å²) in [5, 5.41) is 3.09. The van der Waals surface area contributed by atoms with Gasteiger partial charge in [0.2, 0.25) is 0 Å². The molecule has 0 aromatic carbocycles. The van der Waals surface area contributed by atoms with Crippen LogP contribution in [0.4, 0.5) is 5.13 Å². The van der Waals surface area contributed by atoms with Gasteiger partial charge in [-0.3, -0.25) is 4.79 Å². The second kappa shape index (κ2) is 5.49. The average molecular weight is 280 g/mol. The molecule has 0 atom stereocenters. The topological polar surface area (TPSA) is 42.4 Å². The van der Waals surface area contributed by atoms with E-state index in [1.807, 2.05) is 12.3 Å². The number of hydrogen-bond donors (Lipinski definition) is 0. The quantitative estimate of drug-likeness (QED) is 0.720. The molecule has 0 spiro atoms. The highest BCUT2D eigenvalue weighted by molar-refractivity contribution is 7.13. The van der Waals surface area contributed by atoms with Crippen LogP contribution in [0.1, 0.15) is 38.3 Å². The molecule has 0 unspecified atom stereocenters. The van der Waals surface area contributed by atoms with E-state index in [0.717, 1.165) is 23.3 Å². The van der Waals surface area contributed by atoms with Crippen molar-refractivity contribution in [1.82, 2.24) is 4.98 Å². The average Bonchev–Trinajstić information content (AvgIpc) is 3.27. The van der Waals surface area contributed by atoms with Crippen LogP contribution in [0.2, 0.25) is 0 Å². The van der Waals surface area contributed by atoms with E-state index in [9.17, 15) is 4.79 Å². The third kappa shape index (κ3) is 3.47. The lowest BCUT2D eigenvalue weighted by atomic mass is 10.3. The molecule has 0 radical (unpaired) electrons. The molecule has 2 fully saturated rings. The highest BCUT2D eigenvalue weighted by atomic mass is 32.1. The van der Waals surface area contributed by atoms with Crippen molar-refractivity contribution in [2.45, 2.75) is 45.1 Å². The summed E-state index contributed by atoms with van der Waals surface area (Å²) in [4.78, 5) is 18.5. The molecule has 0 aliphatic heterocycles. The fourth-order valence-electron chi connectivity index (χ4n) is 2.22. The molecule has 3 rings (SSSR count). The van der Waals surface area contributed by atoms with Crippen LogP contribution < -0.4 is 4.90 Å². The first-order valence-electron chi connectivity index (χ1n) is 7.13. The summed E-state index contributed by atoms with van der Waals surface area (Å²) >= 11 is 1.66. The molecule has 19 heavy (non-hydrogen) atoms. The van der Waals surface area contributed by atoms with Gasteiger partial charge in [0.1, 0.15) is 0 Å². The number of anilines is 1. The first-order valence-corrected chi connectivity index (χ1v) is 8.01. The minimum absolute atomic E-state index is 0.181. The Morgan fingerprint density at radius 2 is 2.26 bits per heavy atom. The monoisotopic (exact) mass is 280 g/mol. The molecule has 4 nitrogen and oxygen atoms in total. The zero-order chi connectivity index (χ0) is 13.2. The van der Waals surface area contributed by atoms with Crippen LogP contribution in [0.5, 0.6) is 0 Å². The molecule has 0 saturated heterocycles. The lowest BCUT2D eigenvalue weighted by molar-refractivity contribution is -0.142. The molecule has 104 valence electrons. The summed E-state index contributed by atoms with van der Waals surface area (Å²) in [5.41, 5.74) is 0.847. The number of rotatable bonds is 7. The minimum Gasteiger partial charge on any atom is -0.466 e. The predicted octanol–water partition coefficient (Wildman–Crippen LogP) is 2.63. The van der Waals surface area contributed by atoms with Crippen LogP contribution in [0, 0.1) is 5.92 Å². The smallest absolute Gasteiger partial charge is 0.311 e. The lowest BCUT2D eigenvalue weighted by Crippen LogP contribution is -2.27. The highest BCUT2D eigenvalue weighted by Gasteiger charge is 2.35. The number of carbonyl (C=O) groups is 1. The second-order valence-electron chi connectivity index (χ2n) is 5.43. The molecule has 0 N–H and O–H groups in total. The van der Waals surface area contributed by atoms with Crippen molar-refractivity contribution in [3.63, 3.8) is 0 Å². The Hall–Kier alpha value is -1.10. The third-order valence-corrected chi connectivity index (χ3v) is 4.48. The maximum Gasteiger partial charge on any atom is 0.311 e. The van der Waals surface area contributed by atoms with Gasteiger partial charge in [0.05, 0.1) is 18.7 Å². The number of esters is 1. The van der Waals surface area contributed by atoms with Gasteiger partial charge in [0.15, 0.2) is 5.13 Å². The van der Waals surface area contributed by atoms with Gasteiger partial charge >= 0.3 is 5.97 Å². The number of carbonyl (C=O) groups excluding carboxylic acids is 1. The molecular weight excluding hydrogens is 260 g/mol. The summed E-state index contributed by atoms with van der Waals surface area (Å²) in [5.74, 6) is 0.692. The van der Waals surface area contributed by atoms with E-state index in [1.165, 1.54) is 25.7 Å². The molecule has 1 heterocycles. The minimum atomic E-state index is -0.181. The van der Waals surface area contributed by atoms with E-state index >= 15 is 0 Å². The lowest BCUT2D eigenvalue weighted by Gasteiger charge is -2.21. The molecule has 0 bridgehead atoms. The Labute approximate surface area is 117 Å². The SMILES string of the molecule is CCOC(=O)Cc1csc(N(CC2CC2)C2CC2)n1. The number of ether oxygens (including phenoxy) is 1. The molecule has 2 aliphatic rings. The van der Waals surface area contributed by atoms with Crippen molar-refractivity contribution in [3.8, 4) is 0 Å². The molecule has 2 saturated carbocycles. The second-order valence-corrected chi connectivity index (χ2v) is 6.27. The number of nitrogens with zero attached hydrogens (tertiary/aromatic N) is 2. The van der Waals surface area contributed by atoms with Crippen molar-refractivity contribution >= 4 is 22.4 Å². The Morgan fingerprint density at radius 1 is 1.47 bits per heavy atom. The summed E-state index contributed by atoms with van der Waals surface area (Å²) in [6.07, 6.45) is 5.61. The molecule has 1 aromatic heterocycles. The van der Waals surface area contributed by atoms with E-state index in [1.54, 1.807) is 11.3 Å². The molecular formula is C14H20N2O2S.